The van der Waals surface area contributed by atoms with E-state index < -0.39 is 0 Å². The van der Waals surface area contributed by atoms with E-state index in [1.54, 1.807) is 23.7 Å². The monoisotopic (exact) mass is 287 g/mol. The normalized spacial score (nSPS) is 10.2. The standard InChI is InChI=1S/C11H7Cl2NO2S/c12-7-1-2-9(13)8(3-7)11-10(4-16-6-15)17-5-14-11/h1-3,5-6H,4H2. The molecule has 0 saturated carbocycles. The molecule has 88 valence electrons. The Morgan fingerprint density at radius 1 is 1.41 bits per heavy atom. The Kier molecular flexibility index (Phi) is 3.99. The molecule has 0 amide bonds. The highest BCUT2D eigenvalue weighted by Gasteiger charge is 2.12. The third-order valence-corrected chi connectivity index (χ3v) is 3.48. The Morgan fingerprint density at radius 3 is 3.00 bits per heavy atom. The van der Waals surface area contributed by atoms with Gasteiger partial charge >= 0.3 is 0 Å². The Hall–Kier alpha value is -1.10. The largest absolute Gasteiger partial charge is 0.462 e. The van der Waals surface area contributed by atoms with Crippen LogP contribution in [0.5, 0.6) is 0 Å². The molecule has 0 aliphatic rings. The number of benzene rings is 1. The molecule has 1 aromatic carbocycles. The molecule has 0 unspecified atom stereocenters. The third-order valence-electron chi connectivity index (χ3n) is 2.11. The molecule has 2 aromatic rings. The first-order valence-corrected chi connectivity index (χ1v) is 6.29. The molecule has 0 saturated heterocycles. The van der Waals surface area contributed by atoms with Crippen molar-refractivity contribution in [2.24, 2.45) is 0 Å². The van der Waals surface area contributed by atoms with Gasteiger partial charge in [-0.1, -0.05) is 23.2 Å². The summed E-state index contributed by atoms with van der Waals surface area (Å²) in [6, 6.07) is 5.16. The van der Waals surface area contributed by atoms with Gasteiger partial charge in [0, 0.05) is 10.6 Å². The average molecular weight is 288 g/mol. The maximum Gasteiger partial charge on any atom is 0.293 e. The van der Waals surface area contributed by atoms with Crippen molar-refractivity contribution in [1.82, 2.24) is 4.98 Å². The average Bonchev–Trinajstić information content (AvgIpc) is 2.77. The maximum absolute atomic E-state index is 10.2. The minimum absolute atomic E-state index is 0.187. The van der Waals surface area contributed by atoms with Crippen LogP contribution in [0.1, 0.15) is 4.88 Å². The van der Waals surface area contributed by atoms with Crippen LogP contribution in [0.3, 0.4) is 0 Å². The molecule has 17 heavy (non-hydrogen) atoms. The van der Waals surface area contributed by atoms with Crippen molar-refractivity contribution < 1.29 is 9.53 Å². The zero-order valence-electron chi connectivity index (χ0n) is 8.52. The van der Waals surface area contributed by atoms with Gasteiger partial charge in [-0.25, -0.2) is 4.98 Å². The quantitative estimate of drug-likeness (QED) is 0.803. The number of nitrogens with zero attached hydrogens (tertiary/aromatic N) is 1. The zero-order chi connectivity index (χ0) is 12.3. The predicted octanol–water partition coefficient (Wildman–Crippen LogP) is 3.79. The fourth-order valence-corrected chi connectivity index (χ4v) is 2.46. The number of aromatic nitrogens is 1. The molecular weight excluding hydrogens is 281 g/mol. The SMILES string of the molecule is O=COCc1scnc1-c1cc(Cl)ccc1Cl. The summed E-state index contributed by atoms with van der Waals surface area (Å²) >= 11 is 13.4. The number of hydrogen-bond acceptors (Lipinski definition) is 4. The highest BCUT2D eigenvalue weighted by atomic mass is 35.5. The molecule has 0 aliphatic carbocycles. The van der Waals surface area contributed by atoms with Crippen LogP contribution in [0, 0.1) is 0 Å². The lowest BCUT2D eigenvalue weighted by molar-refractivity contribution is -0.129. The van der Waals surface area contributed by atoms with Crippen LogP contribution in [0.25, 0.3) is 11.3 Å². The van der Waals surface area contributed by atoms with Crippen molar-refractivity contribution in [3.05, 3.63) is 38.6 Å². The number of hydrogen-bond donors (Lipinski definition) is 0. The number of carbonyl (C=O) groups is 1. The lowest BCUT2D eigenvalue weighted by atomic mass is 10.1. The smallest absolute Gasteiger partial charge is 0.293 e. The fraction of sp³-hybridized carbons (Fsp3) is 0.0909. The lowest BCUT2D eigenvalue weighted by Crippen LogP contribution is -1.91. The maximum atomic E-state index is 10.2. The summed E-state index contributed by atoms with van der Waals surface area (Å²) in [5, 5.41) is 1.15. The summed E-state index contributed by atoms with van der Waals surface area (Å²) in [6.07, 6.45) is 0. The van der Waals surface area contributed by atoms with Crippen molar-refractivity contribution in [3.63, 3.8) is 0 Å². The molecular formula is C11H7Cl2NO2S. The van der Waals surface area contributed by atoms with Crippen LogP contribution >= 0.6 is 34.5 Å². The van der Waals surface area contributed by atoms with Gasteiger partial charge in [-0.05, 0) is 18.2 Å². The number of carbonyl (C=O) groups excluding carboxylic acids is 1. The molecule has 1 heterocycles. The van der Waals surface area contributed by atoms with Crippen LogP contribution in [-0.4, -0.2) is 11.5 Å². The van der Waals surface area contributed by atoms with E-state index in [1.807, 2.05) is 0 Å². The fourth-order valence-electron chi connectivity index (χ4n) is 1.38. The van der Waals surface area contributed by atoms with E-state index in [0.717, 1.165) is 10.4 Å². The van der Waals surface area contributed by atoms with Crippen LogP contribution in [0.4, 0.5) is 0 Å². The first kappa shape index (κ1) is 12.4. The zero-order valence-corrected chi connectivity index (χ0v) is 10.9. The summed E-state index contributed by atoms with van der Waals surface area (Å²) in [5.41, 5.74) is 3.12. The van der Waals surface area contributed by atoms with Gasteiger partial charge in [0.15, 0.2) is 0 Å². The molecule has 0 spiro atoms. The molecule has 2 rings (SSSR count). The van der Waals surface area contributed by atoms with E-state index in [2.05, 4.69) is 4.98 Å². The van der Waals surface area contributed by atoms with Crippen LogP contribution in [0.15, 0.2) is 23.7 Å². The molecule has 0 bridgehead atoms. The number of thiazole rings is 1. The van der Waals surface area contributed by atoms with Gasteiger partial charge in [-0.3, -0.25) is 4.79 Å². The second-order valence-corrected chi connectivity index (χ2v) is 4.94. The summed E-state index contributed by atoms with van der Waals surface area (Å²) in [7, 11) is 0. The minimum Gasteiger partial charge on any atom is -0.462 e. The molecule has 0 atom stereocenters. The molecule has 3 nitrogen and oxygen atoms in total. The summed E-state index contributed by atoms with van der Waals surface area (Å²) in [4.78, 5) is 15.2. The number of rotatable bonds is 4. The van der Waals surface area contributed by atoms with Crippen molar-refractivity contribution >= 4 is 41.0 Å². The first-order valence-electron chi connectivity index (χ1n) is 4.65. The van der Waals surface area contributed by atoms with Gasteiger partial charge < -0.3 is 4.74 Å². The van der Waals surface area contributed by atoms with E-state index >= 15 is 0 Å². The molecule has 0 aliphatic heterocycles. The van der Waals surface area contributed by atoms with E-state index in [4.69, 9.17) is 27.9 Å². The van der Waals surface area contributed by atoms with Gasteiger partial charge in [0.2, 0.25) is 0 Å². The van der Waals surface area contributed by atoms with Crippen molar-refractivity contribution in [1.29, 1.82) is 0 Å². The predicted molar refractivity (Wildman–Crippen MR) is 68.4 cm³/mol. The number of halogens is 2. The first-order chi connectivity index (χ1) is 8.22. The lowest BCUT2D eigenvalue weighted by Gasteiger charge is -2.04. The Bertz CT molecular complexity index is 542. The van der Waals surface area contributed by atoms with E-state index in [1.165, 1.54) is 11.3 Å². The molecule has 0 radical (unpaired) electrons. The van der Waals surface area contributed by atoms with Gasteiger partial charge in [0.25, 0.3) is 6.47 Å². The van der Waals surface area contributed by atoms with E-state index in [9.17, 15) is 4.79 Å². The van der Waals surface area contributed by atoms with E-state index in [0.29, 0.717) is 22.2 Å². The molecule has 0 N–H and O–H groups in total. The topological polar surface area (TPSA) is 39.2 Å². The van der Waals surface area contributed by atoms with Crippen LogP contribution < -0.4 is 0 Å². The van der Waals surface area contributed by atoms with Gasteiger partial charge in [0.1, 0.15) is 6.61 Å². The van der Waals surface area contributed by atoms with Crippen LogP contribution in [-0.2, 0) is 16.1 Å². The van der Waals surface area contributed by atoms with E-state index in [-0.39, 0.29) is 6.61 Å². The summed E-state index contributed by atoms with van der Waals surface area (Å²) in [6.45, 7) is 0.593. The second kappa shape index (κ2) is 5.49. The molecule has 6 heteroatoms. The van der Waals surface area contributed by atoms with Crippen molar-refractivity contribution in [3.8, 4) is 11.3 Å². The van der Waals surface area contributed by atoms with Gasteiger partial charge in [-0.15, -0.1) is 11.3 Å². The van der Waals surface area contributed by atoms with Gasteiger partial charge in [0.05, 0.1) is 21.1 Å². The highest BCUT2D eigenvalue weighted by molar-refractivity contribution is 7.10. The molecule has 0 fully saturated rings. The summed E-state index contributed by atoms with van der Waals surface area (Å²) < 4.78 is 4.72. The highest BCUT2D eigenvalue weighted by Crippen LogP contribution is 2.33. The van der Waals surface area contributed by atoms with Crippen molar-refractivity contribution in [2.45, 2.75) is 6.61 Å². The molecule has 1 aromatic heterocycles. The van der Waals surface area contributed by atoms with Crippen LogP contribution in [0.2, 0.25) is 10.0 Å². The Labute approximate surface area is 112 Å². The summed E-state index contributed by atoms with van der Waals surface area (Å²) in [5.74, 6) is 0. The minimum atomic E-state index is 0.187. The van der Waals surface area contributed by atoms with Crippen molar-refractivity contribution in [2.75, 3.05) is 0 Å². The van der Waals surface area contributed by atoms with Gasteiger partial charge in [-0.2, -0.15) is 0 Å². The number of ether oxygens (including phenoxy) is 1. The Morgan fingerprint density at radius 2 is 2.24 bits per heavy atom. The third kappa shape index (κ3) is 2.77. The second-order valence-electron chi connectivity index (χ2n) is 3.16. The Balaban J connectivity index is 2.42.